The summed E-state index contributed by atoms with van der Waals surface area (Å²) in [4.78, 5) is 21.9. The van der Waals surface area contributed by atoms with Crippen LogP contribution in [-0.4, -0.2) is 25.8 Å². The number of nitro groups is 1. The fourth-order valence-electron chi connectivity index (χ4n) is 1.59. The molecule has 0 fully saturated rings. The average Bonchev–Trinajstić information content (AvgIpc) is 2.98. The van der Waals surface area contributed by atoms with Gasteiger partial charge < -0.3 is 9.84 Å². The van der Waals surface area contributed by atoms with E-state index in [0.29, 0.717) is 11.6 Å². The first-order valence-electron chi connectivity index (χ1n) is 5.86. The number of carbonyl (C=O) groups excluding carboxylic acids is 1. The fourth-order valence-corrected chi connectivity index (χ4v) is 1.59. The van der Waals surface area contributed by atoms with Crippen LogP contribution in [0.1, 0.15) is 12.7 Å². The minimum atomic E-state index is -0.535. The Balaban J connectivity index is 1.94. The van der Waals surface area contributed by atoms with Gasteiger partial charge in [-0.25, -0.2) is 0 Å². The third kappa shape index (κ3) is 3.19. The lowest BCUT2D eigenvalue weighted by atomic mass is 10.1. The summed E-state index contributed by atoms with van der Waals surface area (Å²) in [6.07, 6.45) is 2.43. The van der Waals surface area contributed by atoms with Gasteiger partial charge in [-0.3, -0.25) is 19.6 Å². The van der Waals surface area contributed by atoms with Crippen molar-refractivity contribution in [3.8, 4) is 0 Å². The minimum absolute atomic E-state index is 0.107. The number of nitrogens with zero attached hydrogens (tertiary/aromatic N) is 4. The molecule has 1 amide bonds. The third-order valence-electron chi connectivity index (χ3n) is 2.62. The second-order valence-corrected chi connectivity index (χ2v) is 4.39. The van der Waals surface area contributed by atoms with E-state index < -0.39 is 10.8 Å². The molecule has 0 saturated heterocycles. The maximum absolute atomic E-state index is 11.9. The summed E-state index contributed by atoms with van der Waals surface area (Å²) in [5.74, 6) is 0.240. The molecule has 2 heterocycles. The number of nitrogens with one attached hydrogen (secondary N) is 1. The number of hydrogen-bond acceptors (Lipinski definition) is 6. The highest BCUT2D eigenvalue weighted by molar-refractivity contribution is 5.91. The van der Waals surface area contributed by atoms with Crippen molar-refractivity contribution in [1.82, 2.24) is 14.9 Å². The van der Waals surface area contributed by atoms with Crippen molar-refractivity contribution < 1.29 is 14.2 Å². The summed E-state index contributed by atoms with van der Waals surface area (Å²) < 4.78 is 6.19. The van der Waals surface area contributed by atoms with E-state index in [2.05, 4.69) is 15.6 Å². The standard InChI is InChI=1S/C11H13N5O4/c1-7(5-15-6-9(4-12-15)16(18)19)11(17)13-10-3-8(2)20-14-10/h3-4,6-7H,5H2,1-2H3,(H,13,14,17)/t7-/m1/s1. The molecule has 9 heteroatoms. The molecule has 106 valence electrons. The first-order chi connectivity index (χ1) is 9.45. The summed E-state index contributed by atoms with van der Waals surface area (Å²) in [5, 5.41) is 20.6. The molecule has 0 aromatic carbocycles. The van der Waals surface area contributed by atoms with E-state index in [-0.39, 0.29) is 18.1 Å². The lowest BCUT2D eigenvalue weighted by Crippen LogP contribution is -2.24. The summed E-state index contributed by atoms with van der Waals surface area (Å²) in [6.45, 7) is 3.64. The lowest BCUT2D eigenvalue weighted by Gasteiger charge is -2.10. The van der Waals surface area contributed by atoms with E-state index in [9.17, 15) is 14.9 Å². The largest absolute Gasteiger partial charge is 0.360 e. The molecule has 0 unspecified atom stereocenters. The maximum Gasteiger partial charge on any atom is 0.306 e. The number of aromatic nitrogens is 3. The van der Waals surface area contributed by atoms with Crippen molar-refractivity contribution in [2.75, 3.05) is 5.32 Å². The van der Waals surface area contributed by atoms with Gasteiger partial charge in [0.05, 0.1) is 17.4 Å². The van der Waals surface area contributed by atoms with Crippen molar-refractivity contribution in [2.45, 2.75) is 20.4 Å². The van der Waals surface area contributed by atoms with Gasteiger partial charge in [-0.2, -0.15) is 5.10 Å². The number of amides is 1. The van der Waals surface area contributed by atoms with Crippen molar-refractivity contribution in [1.29, 1.82) is 0 Å². The first kappa shape index (κ1) is 13.7. The zero-order valence-electron chi connectivity index (χ0n) is 10.9. The third-order valence-corrected chi connectivity index (χ3v) is 2.62. The maximum atomic E-state index is 11.9. The van der Waals surface area contributed by atoms with E-state index in [1.54, 1.807) is 19.9 Å². The van der Waals surface area contributed by atoms with Gasteiger partial charge in [0, 0.05) is 6.07 Å². The lowest BCUT2D eigenvalue weighted by molar-refractivity contribution is -0.385. The molecule has 9 nitrogen and oxygen atoms in total. The van der Waals surface area contributed by atoms with Gasteiger partial charge in [-0.15, -0.1) is 0 Å². The molecule has 0 aliphatic rings. The summed E-state index contributed by atoms with van der Waals surface area (Å²) in [5.41, 5.74) is -0.107. The molecule has 1 atom stereocenters. The summed E-state index contributed by atoms with van der Waals surface area (Å²) >= 11 is 0. The smallest absolute Gasteiger partial charge is 0.306 e. The van der Waals surface area contributed by atoms with Crippen LogP contribution in [-0.2, 0) is 11.3 Å². The van der Waals surface area contributed by atoms with Crippen LogP contribution in [0.2, 0.25) is 0 Å². The van der Waals surface area contributed by atoms with E-state index >= 15 is 0 Å². The van der Waals surface area contributed by atoms with Gasteiger partial charge in [-0.1, -0.05) is 12.1 Å². The van der Waals surface area contributed by atoms with Gasteiger partial charge in [0.1, 0.15) is 18.2 Å². The Hall–Kier alpha value is -2.71. The number of hydrogen-bond donors (Lipinski definition) is 1. The van der Waals surface area contributed by atoms with Crippen LogP contribution in [0.4, 0.5) is 11.5 Å². The highest BCUT2D eigenvalue weighted by Gasteiger charge is 2.17. The molecule has 0 spiro atoms. The quantitative estimate of drug-likeness (QED) is 0.652. The Kier molecular flexibility index (Phi) is 3.78. The fraction of sp³-hybridized carbons (Fsp3) is 0.364. The zero-order valence-corrected chi connectivity index (χ0v) is 10.9. The van der Waals surface area contributed by atoms with Gasteiger partial charge >= 0.3 is 5.69 Å². The number of anilines is 1. The second-order valence-electron chi connectivity index (χ2n) is 4.39. The molecule has 0 aliphatic heterocycles. The van der Waals surface area contributed by atoms with E-state index in [4.69, 9.17) is 4.52 Å². The molecule has 2 aromatic heterocycles. The van der Waals surface area contributed by atoms with Crippen LogP contribution in [0.3, 0.4) is 0 Å². The van der Waals surface area contributed by atoms with Crippen molar-refractivity contribution in [3.05, 3.63) is 34.3 Å². The van der Waals surface area contributed by atoms with E-state index in [1.165, 1.54) is 10.9 Å². The Morgan fingerprint density at radius 2 is 2.40 bits per heavy atom. The molecular formula is C11H13N5O4. The molecule has 0 bridgehead atoms. The van der Waals surface area contributed by atoms with Gasteiger partial charge in [0.25, 0.3) is 0 Å². The summed E-state index contributed by atoms with van der Waals surface area (Å²) in [7, 11) is 0. The normalized spacial score (nSPS) is 12.1. The highest BCUT2D eigenvalue weighted by Crippen LogP contribution is 2.12. The van der Waals surface area contributed by atoms with Crippen LogP contribution < -0.4 is 5.32 Å². The van der Waals surface area contributed by atoms with Crippen molar-refractivity contribution in [3.63, 3.8) is 0 Å². The van der Waals surface area contributed by atoms with Crippen LogP contribution in [0.15, 0.2) is 23.0 Å². The van der Waals surface area contributed by atoms with Gasteiger partial charge in [0.15, 0.2) is 5.82 Å². The second kappa shape index (κ2) is 5.51. The van der Waals surface area contributed by atoms with E-state index in [0.717, 1.165) is 6.20 Å². The molecule has 1 N–H and O–H groups in total. The molecule has 0 radical (unpaired) electrons. The summed E-state index contributed by atoms with van der Waals surface area (Å²) in [6, 6.07) is 1.60. The Morgan fingerprint density at radius 3 is 2.95 bits per heavy atom. The molecule has 0 aliphatic carbocycles. The molecule has 2 aromatic rings. The minimum Gasteiger partial charge on any atom is -0.360 e. The molecule has 20 heavy (non-hydrogen) atoms. The Morgan fingerprint density at radius 1 is 1.65 bits per heavy atom. The van der Waals surface area contributed by atoms with E-state index in [1.807, 2.05) is 0 Å². The number of carbonyl (C=O) groups is 1. The average molecular weight is 279 g/mol. The Labute approximate surface area is 113 Å². The van der Waals surface area contributed by atoms with Crippen molar-refractivity contribution >= 4 is 17.4 Å². The van der Waals surface area contributed by atoms with Gasteiger partial charge in [0.2, 0.25) is 5.91 Å². The van der Waals surface area contributed by atoms with Crippen LogP contribution >= 0.6 is 0 Å². The first-order valence-corrected chi connectivity index (χ1v) is 5.86. The highest BCUT2D eigenvalue weighted by atomic mass is 16.6. The Bertz CT molecular complexity index is 632. The van der Waals surface area contributed by atoms with Crippen molar-refractivity contribution in [2.24, 2.45) is 5.92 Å². The monoisotopic (exact) mass is 279 g/mol. The SMILES string of the molecule is Cc1cc(NC(=O)[C@H](C)Cn2cc([N+](=O)[O-])cn2)no1. The van der Waals surface area contributed by atoms with Crippen LogP contribution in [0, 0.1) is 23.0 Å². The predicted molar refractivity (Wildman–Crippen MR) is 67.9 cm³/mol. The molecular weight excluding hydrogens is 266 g/mol. The topological polar surface area (TPSA) is 116 Å². The molecule has 2 rings (SSSR count). The van der Waals surface area contributed by atoms with Crippen LogP contribution in [0.5, 0.6) is 0 Å². The predicted octanol–water partition coefficient (Wildman–Crippen LogP) is 1.36. The number of aryl methyl sites for hydroxylation is 1. The zero-order chi connectivity index (χ0) is 14.7. The molecule has 0 saturated carbocycles. The van der Waals surface area contributed by atoms with Gasteiger partial charge in [-0.05, 0) is 6.92 Å². The number of rotatable bonds is 5. The van der Waals surface area contributed by atoms with Crippen LogP contribution in [0.25, 0.3) is 0 Å².